The molecule has 1 amide bonds. The summed E-state index contributed by atoms with van der Waals surface area (Å²) in [5, 5.41) is 11.8. The van der Waals surface area contributed by atoms with Gasteiger partial charge in [-0.3, -0.25) is 9.52 Å². The van der Waals surface area contributed by atoms with E-state index in [0.29, 0.717) is 18.7 Å². The van der Waals surface area contributed by atoms with Crippen molar-refractivity contribution in [3.05, 3.63) is 24.3 Å². The number of carbonyl (C=O) groups excluding carboxylic acids is 1. The van der Waals surface area contributed by atoms with Crippen molar-refractivity contribution in [2.75, 3.05) is 41.6 Å². The third-order valence-corrected chi connectivity index (χ3v) is 7.25. The molecule has 1 rings (SSSR count). The Kier molecular flexibility index (Phi) is 16.5. The van der Waals surface area contributed by atoms with E-state index in [1.807, 2.05) is 24.0 Å². The molecule has 0 saturated carbocycles. The fraction of sp³-hybridized carbons (Fsp3) is 0.731. The Bertz CT molecular complexity index is 754. The monoisotopic (exact) mass is 497 g/mol. The number of carbonyl (C=O) groups is 1. The second-order valence-electron chi connectivity index (χ2n) is 8.91. The molecule has 0 aliphatic heterocycles. The number of rotatable bonds is 21. The molecular formula is C26H47N3O4S. The van der Waals surface area contributed by atoms with Gasteiger partial charge in [-0.2, -0.15) is 0 Å². The summed E-state index contributed by atoms with van der Waals surface area (Å²) in [6.45, 7) is 5.68. The quantitative estimate of drug-likeness (QED) is 0.206. The summed E-state index contributed by atoms with van der Waals surface area (Å²) in [5.41, 5.74) is 1.41. The van der Waals surface area contributed by atoms with Gasteiger partial charge in [0.2, 0.25) is 15.9 Å². The first-order valence-electron chi connectivity index (χ1n) is 13.1. The molecule has 0 aromatic heterocycles. The second kappa shape index (κ2) is 18.5. The summed E-state index contributed by atoms with van der Waals surface area (Å²) >= 11 is 0. The van der Waals surface area contributed by atoms with Gasteiger partial charge in [0, 0.05) is 37.4 Å². The average Bonchev–Trinajstić information content (AvgIpc) is 2.81. The van der Waals surface area contributed by atoms with E-state index in [0.717, 1.165) is 31.5 Å². The van der Waals surface area contributed by atoms with Gasteiger partial charge in [-0.25, -0.2) is 8.42 Å². The maximum Gasteiger partial charge on any atom is 0.234 e. The van der Waals surface area contributed by atoms with Crippen molar-refractivity contribution in [1.29, 1.82) is 0 Å². The molecule has 0 bridgehead atoms. The van der Waals surface area contributed by atoms with Gasteiger partial charge < -0.3 is 15.3 Å². The highest BCUT2D eigenvalue weighted by Gasteiger charge is 2.12. The van der Waals surface area contributed by atoms with Gasteiger partial charge in [0.15, 0.2) is 0 Å². The van der Waals surface area contributed by atoms with E-state index in [1.165, 1.54) is 51.4 Å². The number of aliphatic hydroxyl groups excluding tert-OH is 1. The molecular weight excluding hydrogens is 450 g/mol. The molecule has 0 fully saturated rings. The van der Waals surface area contributed by atoms with Gasteiger partial charge >= 0.3 is 0 Å². The van der Waals surface area contributed by atoms with Crippen molar-refractivity contribution in [3.8, 4) is 0 Å². The molecule has 1 aromatic rings. The zero-order valence-corrected chi connectivity index (χ0v) is 22.2. The van der Waals surface area contributed by atoms with E-state index in [9.17, 15) is 13.2 Å². The normalized spacial score (nSPS) is 11.4. The Morgan fingerprint density at radius 3 is 1.97 bits per heavy atom. The van der Waals surface area contributed by atoms with E-state index in [-0.39, 0.29) is 24.8 Å². The Balaban J connectivity index is 2.15. The van der Waals surface area contributed by atoms with Crippen LogP contribution in [0, 0.1) is 0 Å². The number of hydrogen-bond donors (Lipinski definition) is 3. The van der Waals surface area contributed by atoms with Gasteiger partial charge in [-0.1, -0.05) is 71.1 Å². The lowest BCUT2D eigenvalue weighted by Gasteiger charge is -2.22. The molecule has 0 heterocycles. The summed E-state index contributed by atoms with van der Waals surface area (Å²) in [6, 6.07) is 7.06. The lowest BCUT2D eigenvalue weighted by atomic mass is 10.1. The second-order valence-corrected chi connectivity index (χ2v) is 10.7. The van der Waals surface area contributed by atoms with Crippen molar-refractivity contribution in [3.63, 3.8) is 0 Å². The van der Waals surface area contributed by atoms with Gasteiger partial charge in [0.1, 0.15) is 0 Å². The molecule has 0 atom stereocenters. The molecule has 0 spiro atoms. The minimum absolute atomic E-state index is 0.0627. The average molecular weight is 498 g/mol. The Morgan fingerprint density at radius 1 is 0.882 bits per heavy atom. The minimum Gasteiger partial charge on any atom is -0.395 e. The number of unbranched alkanes of at least 4 members (excludes halogenated alkanes) is 10. The molecule has 8 heteroatoms. The van der Waals surface area contributed by atoms with Crippen LogP contribution in [0.1, 0.15) is 90.9 Å². The number of sulfonamides is 1. The summed E-state index contributed by atoms with van der Waals surface area (Å²) in [5.74, 6) is -0.247. The zero-order valence-electron chi connectivity index (χ0n) is 21.4. The third kappa shape index (κ3) is 14.5. The van der Waals surface area contributed by atoms with Crippen LogP contribution >= 0.6 is 0 Å². The molecule has 34 heavy (non-hydrogen) atoms. The summed E-state index contributed by atoms with van der Waals surface area (Å²) < 4.78 is 27.2. The third-order valence-electron chi connectivity index (χ3n) is 5.96. The van der Waals surface area contributed by atoms with Crippen LogP contribution in [-0.4, -0.2) is 51.4 Å². The molecule has 7 nitrogen and oxygen atoms in total. The lowest BCUT2D eigenvalue weighted by Crippen LogP contribution is -2.31. The minimum atomic E-state index is -3.54. The van der Waals surface area contributed by atoms with Crippen LogP contribution in [0.3, 0.4) is 0 Å². The fourth-order valence-electron chi connectivity index (χ4n) is 3.92. The largest absolute Gasteiger partial charge is 0.395 e. The molecule has 0 radical (unpaired) electrons. The fourth-order valence-corrected chi connectivity index (χ4v) is 4.89. The van der Waals surface area contributed by atoms with Crippen molar-refractivity contribution < 1.29 is 18.3 Å². The first kappa shape index (κ1) is 30.2. The number of anilines is 2. The van der Waals surface area contributed by atoms with E-state index in [2.05, 4.69) is 17.0 Å². The number of aliphatic hydroxyl groups is 1. The van der Waals surface area contributed by atoms with E-state index >= 15 is 0 Å². The standard InChI is InChI=1S/C26H47N3O4S/c1-3-5-6-7-8-9-10-11-12-13-14-15-26(31)27-20-23-34(32,33)28-24-16-18-25(19-17-24)29(4-2)21-22-30/h16-19,28,30H,3-15,20-23H2,1-2H3,(H,27,31). The summed E-state index contributed by atoms with van der Waals surface area (Å²) in [7, 11) is -3.54. The van der Waals surface area contributed by atoms with Gasteiger partial charge in [-0.05, 0) is 37.6 Å². The highest BCUT2D eigenvalue weighted by Crippen LogP contribution is 2.18. The maximum absolute atomic E-state index is 12.3. The first-order valence-corrected chi connectivity index (χ1v) is 14.8. The topological polar surface area (TPSA) is 98.7 Å². The van der Waals surface area contributed by atoms with Crippen molar-refractivity contribution in [2.24, 2.45) is 0 Å². The van der Waals surface area contributed by atoms with Crippen LogP contribution in [0.25, 0.3) is 0 Å². The number of amides is 1. The maximum atomic E-state index is 12.3. The smallest absolute Gasteiger partial charge is 0.234 e. The van der Waals surface area contributed by atoms with Crippen LogP contribution in [-0.2, 0) is 14.8 Å². The van der Waals surface area contributed by atoms with Crippen molar-refractivity contribution in [2.45, 2.75) is 90.9 Å². The lowest BCUT2D eigenvalue weighted by molar-refractivity contribution is -0.121. The summed E-state index contributed by atoms with van der Waals surface area (Å²) in [6.07, 6.45) is 14.0. The number of hydrogen-bond acceptors (Lipinski definition) is 5. The van der Waals surface area contributed by atoms with Crippen LogP contribution in [0.5, 0.6) is 0 Å². The SMILES string of the molecule is CCCCCCCCCCCCCC(=O)NCCS(=O)(=O)Nc1ccc(N(CC)CCO)cc1. The number of benzene rings is 1. The predicted molar refractivity (Wildman–Crippen MR) is 143 cm³/mol. The molecule has 3 N–H and O–H groups in total. The molecule has 196 valence electrons. The number of nitrogens with one attached hydrogen (secondary N) is 2. The van der Waals surface area contributed by atoms with Gasteiger partial charge in [0.05, 0.1) is 12.4 Å². The van der Waals surface area contributed by atoms with Crippen LogP contribution < -0.4 is 14.9 Å². The van der Waals surface area contributed by atoms with E-state index < -0.39 is 10.0 Å². The molecule has 0 unspecified atom stereocenters. The highest BCUT2D eigenvalue weighted by molar-refractivity contribution is 7.92. The number of nitrogens with zero attached hydrogens (tertiary/aromatic N) is 1. The van der Waals surface area contributed by atoms with Crippen molar-refractivity contribution in [1.82, 2.24) is 5.32 Å². The van der Waals surface area contributed by atoms with Crippen LogP contribution in [0.4, 0.5) is 11.4 Å². The first-order chi connectivity index (χ1) is 16.4. The van der Waals surface area contributed by atoms with Crippen LogP contribution in [0.2, 0.25) is 0 Å². The van der Waals surface area contributed by atoms with E-state index in [4.69, 9.17) is 5.11 Å². The van der Waals surface area contributed by atoms with Crippen molar-refractivity contribution >= 4 is 27.3 Å². The molecule has 1 aromatic carbocycles. The Labute approximate surface area is 207 Å². The Morgan fingerprint density at radius 2 is 1.44 bits per heavy atom. The van der Waals surface area contributed by atoms with Crippen LogP contribution in [0.15, 0.2) is 24.3 Å². The van der Waals surface area contributed by atoms with Gasteiger partial charge in [-0.15, -0.1) is 0 Å². The zero-order chi connectivity index (χ0) is 25.1. The summed E-state index contributed by atoms with van der Waals surface area (Å²) in [4.78, 5) is 14.0. The van der Waals surface area contributed by atoms with E-state index in [1.54, 1.807) is 12.1 Å². The number of likely N-dealkylation sites (N-methyl/N-ethyl adjacent to an activating group) is 1. The molecule has 0 aliphatic carbocycles. The predicted octanol–water partition coefficient (Wildman–Crippen LogP) is 5.06. The highest BCUT2D eigenvalue weighted by atomic mass is 32.2. The Hall–Kier alpha value is -1.80. The molecule has 0 saturated heterocycles. The van der Waals surface area contributed by atoms with Gasteiger partial charge in [0.25, 0.3) is 0 Å². The molecule has 0 aliphatic rings.